The van der Waals surface area contributed by atoms with Gasteiger partial charge >= 0.3 is 0 Å². The van der Waals surface area contributed by atoms with Crippen LogP contribution in [0.2, 0.25) is 0 Å². The van der Waals surface area contributed by atoms with Crippen molar-refractivity contribution in [2.75, 3.05) is 20.3 Å². The van der Waals surface area contributed by atoms with Gasteiger partial charge in [0, 0.05) is 26.5 Å². The van der Waals surface area contributed by atoms with Crippen molar-refractivity contribution in [1.29, 1.82) is 0 Å². The lowest BCUT2D eigenvalue weighted by atomic mass is 10.2. The number of hydrogen-bond acceptors (Lipinski definition) is 3. The van der Waals surface area contributed by atoms with E-state index in [0.29, 0.717) is 13.2 Å². The molecule has 0 spiro atoms. The molecule has 0 aromatic carbocycles. The van der Waals surface area contributed by atoms with E-state index in [1.54, 1.807) is 7.11 Å². The van der Waals surface area contributed by atoms with E-state index in [1.807, 2.05) is 0 Å². The zero-order valence-electron chi connectivity index (χ0n) is 7.84. The van der Waals surface area contributed by atoms with Gasteiger partial charge in [-0.3, -0.25) is 9.59 Å². The largest absolute Gasteiger partial charge is 0.383 e. The molecular weight excluding hydrogens is 170 g/mol. The summed E-state index contributed by atoms with van der Waals surface area (Å²) < 4.78 is 4.74. The van der Waals surface area contributed by atoms with Gasteiger partial charge in [-0.25, -0.2) is 0 Å². The first-order chi connectivity index (χ1) is 6.20. The van der Waals surface area contributed by atoms with Crippen molar-refractivity contribution in [2.45, 2.75) is 12.8 Å². The topological polar surface area (TPSA) is 55.4 Å². The molecule has 0 unspecified atom stereocenters. The lowest BCUT2D eigenvalue weighted by Crippen LogP contribution is -2.27. The van der Waals surface area contributed by atoms with E-state index in [0.717, 1.165) is 0 Å². The van der Waals surface area contributed by atoms with Gasteiger partial charge in [-0.05, 0) is 6.08 Å². The molecule has 0 atom stereocenters. The molecule has 74 valence electrons. The molecule has 0 rings (SSSR count). The van der Waals surface area contributed by atoms with Gasteiger partial charge in [0.1, 0.15) is 0 Å². The van der Waals surface area contributed by atoms with Crippen molar-refractivity contribution in [2.24, 2.45) is 0 Å². The normalized spacial score (nSPS) is 9.31. The number of allylic oxidation sites excluding steroid dienone is 1. The van der Waals surface area contributed by atoms with Crippen molar-refractivity contribution in [3.8, 4) is 0 Å². The minimum Gasteiger partial charge on any atom is -0.383 e. The SMILES string of the molecule is C=CC(=O)CCC(=O)NCCOC. The highest BCUT2D eigenvalue weighted by atomic mass is 16.5. The third-order valence-corrected chi connectivity index (χ3v) is 1.45. The van der Waals surface area contributed by atoms with Gasteiger partial charge in [0.15, 0.2) is 5.78 Å². The van der Waals surface area contributed by atoms with Crippen LogP contribution in [0.3, 0.4) is 0 Å². The molecular formula is C9H15NO3. The minimum absolute atomic E-state index is 0.109. The van der Waals surface area contributed by atoms with Gasteiger partial charge in [-0.1, -0.05) is 6.58 Å². The first-order valence-electron chi connectivity index (χ1n) is 4.11. The Morgan fingerprint density at radius 2 is 2.15 bits per heavy atom. The highest BCUT2D eigenvalue weighted by molar-refractivity contribution is 5.92. The molecule has 0 bridgehead atoms. The van der Waals surface area contributed by atoms with E-state index in [-0.39, 0.29) is 24.5 Å². The third kappa shape index (κ3) is 7.21. The number of nitrogens with one attached hydrogen (secondary N) is 1. The van der Waals surface area contributed by atoms with Crippen LogP contribution in [0.4, 0.5) is 0 Å². The van der Waals surface area contributed by atoms with Gasteiger partial charge in [-0.2, -0.15) is 0 Å². The molecule has 0 aliphatic heterocycles. The number of methoxy groups -OCH3 is 1. The summed E-state index contributed by atoms with van der Waals surface area (Å²) in [7, 11) is 1.56. The number of hydrogen-bond donors (Lipinski definition) is 1. The Balaban J connectivity index is 3.40. The molecule has 4 heteroatoms. The predicted octanol–water partition coefficient (Wildman–Crippen LogP) is 0.284. The summed E-state index contributed by atoms with van der Waals surface area (Å²) in [6.45, 7) is 4.28. The molecule has 4 nitrogen and oxygen atoms in total. The fourth-order valence-electron chi connectivity index (χ4n) is 0.720. The molecule has 0 aliphatic carbocycles. The monoisotopic (exact) mass is 185 g/mol. The summed E-state index contributed by atoms with van der Waals surface area (Å²) in [5.41, 5.74) is 0. The molecule has 0 aliphatic rings. The molecule has 13 heavy (non-hydrogen) atoms. The fraction of sp³-hybridized carbons (Fsp3) is 0.556. The van der Waals surface area contributed by atoms with E-state index in [9.17, 15) is 9.59 Å². The number of ether oxygens (including phenoxy) is 1. The Bertz CT molecular complexity index is 189. The fourth-order valence-corrected chi connectivity index (χ4v) is 0.720. The average Bonchev–Trinajstić information content (AvgIpc) is 2.14. The highest BCUT2D eigenvalue weighted by Gasteiger charge is 2.02. The first-order valence-corrected chi connectivity index (χ1v) is 4.11. The van der Waals surface area contributed by atoms with Gasteiger partial charge in [-0.15, -0.1) is 0 Å². The highest BCUT2D eigenvalue weighted by Crippen LogP contribution is 1.91. The van der Waals surface area contributed by atoms with Crippen molar-refractivity contribution in [3.05, 3.63) is 12.7 Å². The third-order valence-electron chi connectivity index (χ3n) is 1.45. The van der Waals surface area contributed by atoms with Crippen LogP contribution in [-0.2, 0) is 14.3 Å². The van der Waals surface area contributed by atoms with E-state index < -0.39 is 0 Å². The Kier molecular flexibility index (Phi) is 6.82. The van der Waals surface area contributed by atoms with Crippen LogP contribution in [0.25, 0.3) is 0 Å². The summed E-state index contributed by atoms with van der Waals surface area (Å²) >= 11 is 0. The van der Waals surface area contributed by atoms with Crippen molar-refractivity contribution < 1.29 is 14.3 Å². The molecule has 0 aromatic heterocycles. The maximum Gasteiger partial charge on any atom is 0.220 e. The minimum atomic E-state index is -0.132. The summed E-state index contributed by atoms with van der Waals surface area (Å²) in [5, 5.41) is 2.61. The lowest BCUT2D eigenvalue weighted by molar-refractivity contribution is -0.124. The molecule has 0 fully saturated rings. The van der Waals surface area contributed by atoms with Crippen molar-refractivity contribution in [3.63, 3.8) is 0 Å². The average molecular weight is 185 g/mol. The first kappa shape index (κ1) is 11.8. The van der Waals surface area contributed by atoms with E-state index >= 15 is 0 Å². The zero-order valence-corrected chi connectivity index (χ0v) is 7.84. The van der Waals surface area contributed by atoms with Gasteiger partial charge in [0.25, 0.3) is 0 Å². The number of ketones is 1. The van der Waals surface area contributed by atoms with E-state index in [4.69, 9.17) is 4.74 Å². The van der Waals surface area contributed by atoms with Gasteiger partial charge in [0.2, 0.25) is 5.91 Å². The molecule has 0 saturated carbocycles. The Labute approximate surface area is 78.0 Å². The van der Waals surface area contributed by atoms with Crippen LogP contribution in [0.15, 0.2) is 12.7 Å². The van der Waals surface area contributed by atoms with E-state index in [1.165, 1.54) is 6.08 Å². The van der Waals surface area contributed by atoms with Crippen LogP contribution in [0.5, 0.6) is 0 Å². The van der Waals surface area contributed by atoms with Crippen LogP contribution < -0.4 is 5.32 Å². The van der Waals surface area contributed by atoms with Gasteiger partial charge in [0.05, 0.1) is 6.61 Å². The zero-order chi connectivity index (χ0) is 10.1. The number of rotatable bonds is 7. The summed E-state index contributed by atoms with van der Waals surface area (Å²) in [5.74, 6) is -0.242. The molecule has 1 N–H and O–H groups in total. The summed E-state index contributed by atoms with van der Waals surface area (Å²) in [6, 6.07) is 0. The second kappa shape index (κ2) is 7.49. The Morgan fingerprint density at radius 1 is 1.46 bits per heavy atom. The molecule has 0 saturated heterocycles. The molecule has 1 amide bonds. The molecule has 0 radical (unpaired) electrons. The van der Waals surface area contributed by atoms with Gasteiger partial charge < -0.3 is 10.1 Å². The van der Waals surface area contributed by atoms with Crippen molar-refractivity contribution >= 4 is 11.7 Å². The van der Waals surface area contributed by atoms with E-state index in [2.05, 4.69) is 11.9 Å². The molecule has 0 aromatic rings. The Hall–Kier alpha value is -1.16. The summed E-state index contributed by atoms with van der Waals surface area (Å²) in [6.07, 6.45) is 1.67. The second-order valence-electron chi connectivity index (χ2n) is 2.51. The van der Waals surface area contributed by atoms with Crippen LogP contribution in [-0.4, -0.2) is 32.0 Å². The number of amides is 1. The van der Waals surface area contributed by atoms with Crippen molar-refractivity contribution in [1.82, 2.24) is 5.32 Å². The predicted molar refractivity (Wildman–Crippen MR) is 49.3 cm³/mol. The lowest BCUT2D eigenvalue weighted by Gasteiger charge is -2.02. The Morgan fingerprint density at radius 3 is 2.69 bits per heavy atom. The maximum atomic E-state index is 11.0. The second-order valence-corrected chi connectivity index (χ2v) is 2.51. The number of carbonyl (C=O) groups excluding carboxylic acids is 2. The standard InChI is InChI=1S/C9H15NO3/c1-3-8(11)4-5-9(12)10-6-7-13-2/h3H,1,4-7H2,2H3,(H,10,12). The van der Waals surface area contributed by atoms with Crippen LogP contribution in [0, 0.1) is 0 Å². The molecule has 0 heterocycles. The maximum absolute atomic E-state index is 11.0. The quantitative estimate of drug-likeness (QED) is 0.458. The van der Waals surface area contributed by atoms with Crippen LogP contribution >= 0.6 is 0 Å². The number of carbonyl (C=O) groups is 2. The summed E-state index contributed by atoms with van der Waals surface area (Å²) in [4.78, 5) is 21.7. The smallest absolute Gasteiger partial charge is 0.220 e. The van der Waals surface area contributed by atoms with Crippen LogP contribution in [0.1, 0.15) is 12.8 Å².